The highest BCUT2D eigenvalue weighted by molar-refractivity contribution is 5.95. The Kier molecular flexibility index (Phi) is 3.90. The number of hydrogen-bond acceptors (Lipinski definition) is 2. The Hall–Kier alpha value is -1.51. The number of nitrogens with one attached hydrogen (secondary N) is 1. The minimum absolute atomic E-state index is 0.354. The highest BCUT2D eigenvalue weighted by atomic mass is 16.1. The van der Waals surface area contributed by atoms with Crippen molar-refractivity contribution in [3.05, 3.63) is 29.3 Å². The molecule has 1 amide bonds. The number of benzene rings is 1. The Morgan fingerprint density at radius 2 is 2.06 bits per heavy atom. The number of carbonyl (C=O) groups excluding carboxylic acids is 1. The van der Waals surface area contributed by atoms with E-state index in [9.17, 15) is 4.79 Å². The third-order valence-electron chi connectivity index (χ3n) is 4.05. The van der Waals surface area contributed by atoms with E-state index in [-0.39, 0.29) is 5.91 Å². The van der Waals surface area contributed by atoms with Gasteiger partial charge < -0.3 is 11.1 Å². The smallest absolute Gasteiger partial charge is 0.249 e. The molecule has 3 nitrogen and oxygen atoms in total. The maximum atomic E-state index is 11.3. The molecule has 2 atom stereocenters. The first-order chi connectivity index (χ1) is 8.59. The van der Waals surface area contributed by atoms with Crippen LogP contribution in [0.25, 0.3) is 0 Å². The van der Waals surface area contributed by atoms with E-state index in [0.29, 0.717) is 17.5 Å². The Morgan fingerprint density at radius 3 is 2.72 bits per heavy atom. The molecule has 1 saturated carbocycles. The highest BCUT2D eigenvalue weighted by Gasteiger charge is 2.21. The second-order valence-corrected chi connectivity index (χ2v) is 5.35. The van der Waals surface area contributed by atoms with Gasteiger partial charge in [0.2, 0.25) is 5.91 Å². The average molecular weight is 246 g/mol. The molecule has 98 valence electrons. The molecule has 2 unspecified atom stereocenters. The molecule has 2 rings (SSSR count). The van der Waals surface area contributed by atoms with Crippen molar-refractivity contribution >= 4 is 11.6 Å². The number of hydrogen-bond donors (Lipinski definition) is 2. The summed E-state index contributed by atoms with van der Waals surface area (Å²) in [4.78, 5) is 11.3. The summed E-state index contributed by atoms with van der Waals surface area (Å²) >= 11 is 0. The quantitative estimate of drug-likeness (QED) is 0.861. The van der Waals surface area contributed by atoms with Gasteiger partial charge in [-0.3, -0.25) is 4.79 Å². The maximum Gasteiger partial charge on any atom is 0.249 e. The van der Waals surface area contributed by atoms with Crippen LogP contribution in [0.15, 0.2) is 18.2 Å². The summed E-state index contributed by atoms with van der Waals surface area (Å²) in [5.74, 6) is 0.336. The van der Waals surface area contributed by atoms with E-state index in [0.717, 1.165) is 11.3 Å². The molecular formula is C15H22N2O. The van der Waals surface area contributed by atoms with Gasteiger partial charge in [-0.05, 0) is 43.4 Å². The van der Waals surface area contributed by atoms with Crippen LogP contribution < -0.4 is 11.1 Å². The third kappa shape index (κ3) is 2.66. The van der Waals surface area contributed by atoms with Crippen LogP contribution in [-0.4, -0.2) is 11.9 Å². The predicted octanol–water partition coefficient (Wildman–Crippen LogP) is 3.08. The first-order valence-corrected chi connectivity index (χ1v) is 6.75. The Bertz CT molecular complexity index is 442. The van der Waals surface area contributed by atoms with Crippen LogP contribution in [0.2, 0.25) is 0 Å². The fraction of sp³-hybridized carbons (Fsp3) is 0.533. The fourth-order valence-electron chi connectivity index (χ4n) is 2.79. The van der Waals surface area contributed by atoms with E-state index in [2.05, 4.69) is 12.2 Å². The molecule has 3 heteroatoms. The van der Waals surface area contributed by atoms with Crippen molar-refractivity contribution < 1.29 is 4.79 Å². The molecule has 3 N–H and O–H groups in total. The molecule has 0 heterocycles. The van der Waals surface area contributed by atoms with Gasteiger partial charge >= 0.3 is 0 Å². The zero-order valence-corrected chi connectivity index (χ0v) is 11.2. The number of nitrogens with two attached hydrogens (primary N) is 1. The average Bonchev–Trinajstić information content (AvgIpc) is 2.34. The molecule has 1 aromatic carbocycles. The normalized spacial score (nSPS) is 23.7. The lowest BCUT2D eigenvalue weighted by molar-refractivity contribution is 0.1000. The fourth-order valence-corrected chi connectivity index (χ4v) is 2.79. The number of anilines is 1. The summed E-state index contributed by atoms with van der Waals surface area (Å²) in [5.41, 5.74) is 8.00. The molecule has 0 saturated heterocycles. The van der Waals surface area contributed by atoms with Crippen molar-refractivity contribution in [3.63, 3.8) is 0 Å². The number of amides is 1. The van der Waals surface area contributed by atoms with Gasteiger partial charge in [-0.2, -0.15) is 0 Å². The van der Waals surface area contributed by atoms with Crippen LogP contribution in [0.5, 0.6) is 0 Å². The molecule has 18 heavy (non-hydrogen) atoms. The molecular weight excluding hydrogens is 224 g/mol. The number of primary amides is 1. The molecule has 0 aromatic heterocycles. The summed E-state index contributed by atoms with van der Waals surface area (Å²) in [6.07, 6.45) is 5.11. The van der Waals surface area contributed by atoms with Crippen molar-refractivity contribution in [2.75, 3.05) is 5.32 Å². The van der Waals surface area contributed by atoms with Gasteiger partial charge in [-0.25, -0.2) is 0 Å². The van der Waals surface area contributed by atoms with Crippen LogP contribution in [0.3, 0.4) is 0 Å². The summed E-state index contributed by atoms with van der Waals surface area (Å²) in [6, 6.07) is 6.22. The van der Waals surface area contributed by atoms with Gasteiger partial charge in [0, 0.05) is 17.3 Å². The second kappa shape index (κ2) is 5.42. The standard InChI is InChI=1S/C15H22N2O/c1-10-6-3-4-8-13(10)17-14-9-5-7-12(11(14)2)15(16)18/h5,7,9-10,13,17H,3-4,6,8H2,1-2H3,(H2,16,18). The first kappa shape index (κ1) is 12.9. The highest BCUT2D eigenvalue weighted by Crippen LogP contribution is 2.28. The van der Waals surface area contributed by atoms with Crippen LogP contribution in [0, 0.1) is 12.8 Å². The van der Waals surface area contributed by atoms with Crippen LogP contribution >= 0.6 is 0 Å². The lowest BCUT2D eigenvalue weighted by Crippen LogP contribution is -2.30. The van der Waals surface area contributed by atoms with Crippen molar-refractivity contribution in [2.45, 2.75) is 45.6 Å². The molecule has 0 bridgehead atoms. The van der Waals surface area contributed by atoms with Gasteiger partial charge in [0.05, 0.1) is 0 Å². The molecule has 1 aliphatic rings. The van der Waals surface area contributed by atoms with E-state index in [4.69, 9.17) is 5.73 Å². The molecule has 1 aromatic rings. The van der Waals surface area contributed by atoms with Crippen molar-refractivity contribution in [3.8, 4) is 0 Å². The number of rotatable bonds is 3. The molecule has 0 radical (unpaired) electrons. The topological polar surface area (TPSA) is 55.1 Å². The summed E-state index contributed by atoms with van der Waals surface area (Å²) < 4.78 is 0. The van der Waals surface area contributed by atoms with Crippen molar-refractivity contribution in [2.24, 2.45) is 11.7 Å². The Balaban J connectivity index is 2.18. The van der Waals surface area contributed by atoms with Crippen molar-refractivity contribution in [1.29, 1.82) is 0 Å². The van der Waals surface area contributed by atoms with Gasteiger partial charge in [0.25, 0.3) is 0 Å². The van der Waals surface area contributed by atoms with Gasteiger partial charge in [-0.1, -0.05) is 25.8 Å². The van der Waals surface area contributed by atoms with Crippen LogP contribution in [0.4, 0.5) is 5.69 Å². The van der Waals surface area contributed by atoms with E-state index >= 15 is 0 Å². The molecule has 1 aliphatic carbocycles. The van der Waals surface area contributed by atoms with E-state index in [1.165, 1.54) is 25.7 Å². The zero-order valence-electron chi connectivity index (χ0n) is 11.2. The minimum Gasteiger partial charge on any atom is -0.382 e. The molecule has 1 fully saturated rings. The minimum atomic E-state index is -0.354. The summed E-state index contributed by atoms with van der Waals surface area (Å²) in [7, 11) is 0. The summed E-state index contributed by atoms with van der Waals surface area (Å²) in [6.45, 7) is 4.25. The van der Waals surface area contributed by atoms with Crippen LogP contribution in [0.1, 0.15) is 48.5 Å². The van der Waals surface area contributed by atoms with E-state index in [1.54, 1.807) is 6.07 Å². The van der Waals surface area contributed by atoms with Crippen LogP contribution in [-0.2, 0) is 0 Å². The predicted molar refractivity (Wildman–Crippen MR) is 74.7 cm³/mol. The van der Waals surface area contributed by atoms with Gasteiger partial charge in [0.15, 0.2) is 0 Å². The monoisotopic (exact) mass is 246 g/mol. The SMILES string of the molecule is Cc1c(NC2CCCCC2C)cccc1C(N)=O. The molecule has 0 aliphatic heterocycles. The van der Waals surface area contributed by atoms with E-state index in [1.807, 2.05) is 19.1 Å². The maximum absolute atomic E-state index is 11.3. The van der Waals surface area contributed by atoms with E-state index < -0.39 is 0 Å². The first-order valence-electron chi connectivity index (χ1n) is 6.75. The number of carbonyl (C=O) groups is 1. The van der Waals surface area contributed by atoms with Crippen molar-refractivity contribution in [1.82, 2.24) is 0 Å². The lowest BCUT2D eigenvalue weighted by Gasteiger charge is -2.31. The zero-order chi connectivity index (χ0) is 13.1. The Morgan fingerprint density at radius 1 is 1.33 bits per heavy atom. The Labute approximate surface area is 109 Å². The lowest BCUT2D eigenvalue weighted by atomic mass is 9.85. The largest absolute Gasteiger partial charge is 0.382 e. The third-order valence-corrected chi connectivity index (χ3v) is 4.05. The van der Waals surface area contributed by atoms with Gasteiger partial charge in [0.1, 0.15) is 0 Å². The van der Waals surface area contributed by atoms with Gasteiger partial charge in [-0.15, -0.1) is 0 Å². The summed E-state index contributed by atoms with van der Waals surface area (Å²) in [5, 5.41) is 3.59. The molecule has 0 spiro atoms. The second-order valence-electron chi connectivity index (χ2n) is 5.35.